The average Bonchev–Trinajstić information content (AvgIpc) is 3.11. The first kappa shape index (κ1) is 13.7. The van der Waals surface area contributed by atoms with Crippen LogP contribution in [0.15, 0.2) is 48.7 Å². The van der Waals surface area contributed by atoms with Crippen molar-refractivity contribution >= 4 is 23.3 Å². The number of anilines is 1. The molecule has 0 spiro atoms. The number of benzene rings is 1. The van der Waals surface area contributed by atoms with Crippen LogP contribution >= 0.6 is 11.6 Å². The second-order valence-corrected chi connectivity index (χ2v) is 6.25. The maximum Gasteiger partial charge on any atom is 0.291 e. The van der Waals surface area contributed by atoms with E-state index in [1.54, 1.807) is 6.20 Å². The molecule has 0 saturated carbocycles. The molecule has 2 aliphatic heterocycles. The van der Waals surface area contributed by atoms with Gasteiger partial charge < -0.3 is 4.90 Å². The number of carbonyl (C=O) groups excluding carboxylic acids is 1. The Morgan fingerprint density at radius 1 is 1.18 bits per heavy atom. The number of nitrogens with one attached hydrogen (secondary N) is 1. The lowest BCUT2D eigenvalue weighted by molar-refractivity contribution is -0.924. The van der Waals surface area contributed by atoms with Gasteiger partial charge in [0.25, 0.3) is 5.91 Å². The van der Waals surface area contributed by atoms with Gasteiger partial charge in [-0.2, -0.15) is 0 Å². The second-order valence-electron chi connectivity index (χ2n) is 5.84. The van der Waals surface area contributed by atoms with E-state index in [0.717, 1.165) is 24.9 Å². The summed E-state index contributed by atoms with van der Waals surface area (Å²) in [6, 6.07) is 13.5. The number of nitrogens with zero attached hydrogens (tertiary/aromatic N) is 2. The molecule has 3 atom stereocenters. The fourth-order valence-corrected chi connectivity index (χ4v) is 3.96. The standard InChI is InChI=1S/C17H16ClN3O/c18-13-7-2-1-6-12(13)16-20-11-5-8-14(20)17(22)21(16)15-9-3-4-10-19-15/h1-4,6-7,9-10,14,16H,5,8,11H2/p+1. The van der Waals surface area contributed by atoms with Crippen LogP contribution in [0.4, 0.5) is 5.82 Å². The Balaban J connectivity index is 1.84. The summed E-state index contributed by atoms with van der Waals surface area (Å²) in [6.45, 7) is 0.996. The van der Waals surface area contributed by atoms with E-state index in [1.807, 2.05) is 47.4 Å². The van der Waals surface area contributed by atoms with Gasteiger partial charge in [-0.25, -0.2) is 9.88 Å². The lowest BCUT2D eigenvalue weighted by Crippen LogP contribution is -3.12. The fraction of sp³-hybridized carbons (Fsp3) is 0.294. The van der Waals surface area contributed by atoms with Crippen LogP contribution < -0.4 is 9.80 Å². The summed E-state index contributed by atoms with van der Waals surface area (Å²) in [5, 5.41) is 0.710. The molecule has 0 bridgehead atoms. The summed E-state index contributed by atoms with van der Waals surface area (Å²) in [5.74, 6) is 0.871. The van der Waals surface area contributed by atoms with Gasteiger partial charge in [0.1, 0.15) is 5.82 Å². The van der Waals surface area contributed by atoms with Gasteiger partial charge in [0.15, 0.2) is 12.2 Å². The minimum absolute atomic E-state index is 0.0308. The normalized spacial score (nSPS) is 27.2. The average molecular weight is 315 g/mol. The largest absolute Gasteiger partial charge is 0.301 e. The lowest BCUT2D eigenvalue weighted by atomic mass is 10.1. The highest BCUT2D eigenvalue weighted by Gasteiger charge is 2.54. The van der Waals surface area contributed by atoms with Crippen LogP contribution in [0.25, 0.3) is 0 Å². The number of carbonyl (C=O) groups is 1. The first-order chi connectivity index (χ1) is 10.8. The van der Waals surface area contributed by atoms with Gasteiger partial charge >= 0.3 is 0 Å². The summed E-state index contributed by atoms with van der Waals surface area (Å²) in [7, 11) is 0. The van der Waals surface area contributed by atoms with Crippen LogP contribution in [0.5, 0.6) is 0 Å². The highest BCUT2D eigenvalue weighted by atomic mass is 35.5. The zero-order valence-corrected chi connectivity index (χ0v) is 12.8. The third kappa shape index (κ3) is 2.02. The third-order valence-electron chi connectivity index (χ3n) is 4.65. The molecular weight excluding hydrogens is 298 g/mol. The van der Waals surface area contributed by atoms with Crippen LogP contribution in [0, 0.1) is 0 Å². The summed E-state index contributed by atoms with van der Waals surface area (Å²) in [5.41, 5.74) is 1.00. The third-order valence-corrected chi connectivity index (χ3v) is 4.99. The van der Waals surface area contributed by atoms with Crippen molar-refractivity contribution in [1.29, 1.82) is 0 Å². The molecule has 1 aromatic heterocycles. The Morgan fingerprint density at radius 3 is 2.77 bits per heavy atom. The maximum atomic E-state index is 12.9. The van der Waals surface area contributed by atoms with Gasteiger partial charge in [0.05, 0.1) is 17.1 Å². The van der Waals surface area contributed by atoms with Gasteiger partial charge in [-0.05, 0) is 24.3 Å². The Labute approximate surface area is 134 Å². The molecule has 4 rings (SSSR count). The minimum atomic E-state index is -0.0800. The van der Waals surface area contributed by atoms with Crippen LogP contribution in [0.2, 0.25) is 5.02 Å². The first-order valence-corrected chi connectivity index (χ1v) is 7.99. The summed E-state index contributed by atoms with van der Waals surface area (Å²) >= 11 is 6.42. The Kier molecular flexibility index (Phi) is 3.36. The molecule has 5 heteroatoms. The van der Waals surface area contributed by atoms with E-state index in [-0.39, 0.29) is 18.1 Å². The molecule has 22 heavy (non-hydrogen) atoms. The molecule has 112 valence electrons. The zero-order valence-electron chi connectivity index (χ0n) is 12.1. The maximum absolute atomic E-state index is 12.9. The van der Waals surface area contributed by atoms with Crippen LogP contribution in [0.1, 0.15) is 24.6 Å². The van der Waals surface area contributed by atoms with Gasteiger partial charge in [-0.15, -0.1) is 0 Å². The number of aromatic nitrogens is 1. The van der Waals surface area contributed by atoms with E-state index in [9.17, 15) is 4.79 Å². The molecule has 1 aromatic carbocycles. The molecule has 4 nitrogen and oxygen atoms in total. The van der Waals surface area contributed by atoms with E-state index in [2.05, 4.69) is 4.98 Å². The second kappa shape index (κ2) is 5.38. The molecular formula is C17H17ClN3O+. The number of hydrogen-bond donors (Lipinski definition) is 1. The Hall–Kier alpha value is -1.91. The van der Waals surface area contributed by atoms with E-state index in [4.69, 9.17) is 11.6 Å². The van der Waals surface area contributed by atoms with Crippen LogP contribution in [0.3, 0.4) is 0 Å². The molecule has 2 fully saturated rings. The number of amides is 1. The molecule has 1 N–H and O–H groups in total. The van der Waals surface area contributed by atoms with Crippen LogP contribution in [-0.4, -0.2) is 23.5 Å². The number of pyridine rings is 1. The van der Waals surface area contributed by atoms with Crippen molar-refractivity contribution in [1.82, 2.24) is 4.98 Å². The quantitative estimate of drug-likeness (QED) is 0.918. The Bertz CT molecular complexity index is 706. The van der Waals surface area contributed by atoms with Crippen molar-refractivity contribution in [3.63, 3.8) is 0 Å². The smallest absolute Gasteiger partial charge is 0.291 e. The summed E-state index contributed by atoms with van der Waals surface area (Å²) in [4.78, 5) is 20.4. The summed E-state index contributed by atoms with van der Waals surface area (Å²) < 4.78 is 0. The van der Waals surface area contributed by atoms with E-state index in [0.29, 0.717) is 10.8 Å². The van der Waals surface area contributed by atoms with Gasteiger partial charge in [-0.1, -0.05) is 29.8 Å². The zero-order chi connectivity index (χ0) is 15.1. The molecule has 3 unspecified atom stereocenters. The van der Waals surface area contributed by atoms with Crippen molar-refractivity contribution in [2.24, 2.45) is 0 Å². The number of hydrogen-bond acceptors (Lipinski definition) is 2. The number of halogens is 1. The molecule has 0 aliphatic carbocycles. The predicted octanol–water partition coefficient (Wildman–Crippen LogP) is 1.83. The van der Waals surface area contributed by atoms with Crippen molar-refractivity contribution in [3.05, 3.63) is 59.2 Å². The van der Waals surface area contributed by atoms with E-state index >= 15 is 0 Å². The topological polar surface area (TPSA) is 37.6 Å². The number of quaternary nitrogens is 1. The molecule has 1 amide bonds. The minimum Gasteiger partial charge on any atom is -0.301 e. The van der Waals surface area contributed by atoms with Crippen molar-refractivity contribution in [2.45, 2.75) is 25.0 Å². The number of fused-ring (bicyclic) bond motifs is 1. The SMILES string of the molecule is O=C1C2CCC[NH+]2C(c2ccccc2Cl)N1c1ccccn1. The van der Waals surface area contributed by atoms with Gasteiger partial charge in [0, 0.05) is 19.0 Å². The van der Waals surface area contributed by atoms with Crippen molar-refractivity contribution in [3.8, 4) is 0 Å². The van der Waals surface area contributed by atoms with Crippen molar-refractivity contribution < 1.29 is 9.69 Å². The van der Waals surface area contributed by atoms with Crippen LogP contribution in [-0.2, 0) is 4.79 Å². The highest BCUT2D eigenvalue weighted by molar-refractivity contribution is 6.31. The first-order valence-electron chi connectivity index (χ1n) is 7.61. The molecule has 0 radical (unpaired) electrons. The molecule has 2 saturated heterocycles. The van der Waals surface area contributed by atoms with Gasteiger partial charge in [-0.3, -0.25) is 4.79 Å². The highest BCUT2D eigenvalue weighted by Crippen LogP contribution is 2.32. The van der Waals surface area contributed by atoms with Gasteiger partial charge in [0.2, 0.25) is 0 Å². The van der Waals surface area contributed by atoms with E-state index < -0.39 is 0 Å². The molecule has 3 heterocycles. The lowest BCUT2D eigenvalue weighted by Gasteiger charge is -2.26. The molecule has 2 aliphatic rings. The monoisotopic (exact) mass is 314 g/mol. The van der Waals surface area contributed by atoms with E-state index in [1.165, 1.54) is 4.90 Å². The molecule has 2 aromatic rings. The summed E-state index contributed by atoms with van der Waals surface area (Å²) in [6.07, 6.45) is 3.68. The Morgan fingerprint density at radius 2 is 2.00 bits per heavy atom. The van der Waals surface area contributed by atoms with Crippen molar-refractivity contribution in [2.75, 3.05) is 11.4 Å². The fourth-order valence-electron chi connectivity index (χ4n) is 3.72. The number of rotatable bonds is 2. The predicted molar refractivity (Wildman–Crippen MR) is 84.8 cm³/mol.